The lowest BCUT2D eigenvalue weighted by Crippen LogP contribution is -2.33. The zero-order valence-electron chi connectivity index (χ0n) is 13.2. The van der Waals surface area contributed by atoms with Crippen LogP contribution < -0.4 is 14.8 Å². The quantitative estimate of drug-likeness (QED) is 0.702. The SMILES string of the molecule is CCOc1ccc(S(=O)(=O)NCCC2CCCNC2)cc1Br.Cl. The van der Waals surface area contributed by atoms with Crippen LogP contribution in [0.4, 0.5) is 0 Å². The molecule has 1 fully saturated rings. The van der Waals surface area contributed by atoms with E-state index in [1.54, 1.807) is 18.2 Å². The minimum atomic E-state index is -3.47. The highest BCUT2D eigenvalue weighted by atomic mass is 79.9. The predicted octanol–water partition coefficient (Wildman–Crippen LogP) is 2.94. The van der Waals surface area contributed by atoms with Crippen LogP contribution >= 0.6 is 28.3 Å². The second-order valence-electron chi connectivity index (χ2n) is 5.42. The molecule has 2 rings (SSSR count). The van der Waals surface area contributed by atoms with E-state index in [4.69, 9.17) is 4.74 Å². The number of halogens is 2. The van der Waals surface area contributed by atoms with Crippen LogP contribution in [0, 0.1) is 5.92 Å². The predicted molar refractivity (Wildman–Crippen MR) is 98.0 cm³/mol. The fraction of sp³-hybridized carbons (Fsp3) is 0.600. The molecule has 2 N–H and O–H groups in total. The lowest BCUT2D eigenvalue weighted by Gasteiger charge is -2.22. The highest BCUT2D eigenvalue weighted by Crippen LogP contribution is 2.27. The Labute approximate surface area is 153 Å². The summed E-state index contributed by atoms with van der Waals surface area (Å²) < 4.78 is 33.3. The summed E-state index contributed by atoms with van der Waals surface area (Å²) in [6, 6.07) is 4.82. The van der Waals surface area contributed by atoms with Gasteiger partial charge in [0.05, 0.1) is 16.0 Å². The Bertz CT molecular complexity index is 592. The molecule has 8 heteroatoms. The molecule has 0 bridgehead atoms. The summed E-state index contributed by atoms with van der Waals surface area (Å²) in [6.07, 6.45) is 3.21. The minimum Gasteiger partial charge on any atom is -0.493 e. The van der Waals surface area contributed by atoms with E-state index in [9.17, 15) is 8.42 Å². The van der Waals surface area contributed by atoms with Crippen molar-refractivity contribution < 1.29 is 13.2 Å². The Kier molecular flexibility index (Phi) is 8.85. The number of benzene rings is 1. The number of rotatable bonds is 7. The molecular formula is C15H24BrClN2O3S. The number of piperidine rings is 1. The maximum absolute atomic E-state index is 12.3. The molecule has 1 aliphatic rings. The van der Waals surface area contributed by atoms with Gasteiger partial charge in [0.1, 0.15) is 5.75 Å². The maximum atomic E-state index is 12.3. The van der Waals surface area contributed by atoms with Crippen molar-refractivity contribution in [2.45, 2.75) is 31.1 Å². The fourth-order valence-corrected chi connectivity index (χ4v) is 4.29. The Morgan fingerprint density at radius 3 is 2.83 bits per heavy atom. The smallest absolute Gasteiger partial charge is 0.240 e. The number of ether oxygens (including phenoxy) is 1. The van der Waals surface area contributed by atoms with Gasteiger partial charge in [0.15, 0.2) is 0 Å². The van der Waals surface area contributed by atoms with Crippen molar-refractivity contribution in [1.29, 1.82) is 0 Å². The largest absolute Gasteiger partial charge is 0.493 e. The zero-order chi connectivity index (χ0) is 16.0. The van der Waals surface area contributed by atoms with Gasteiger partial charge in [-0.1, -0.05) is 0 Å². The minimum absolute atomic E-state index is 0. The number of nitrogens with one attached hydrogen (secondary N) is 2. The summed E-state index contributed by atoms with van der Waals surface area (Å²) >= 11 is 3.35. The topological polar surface area (TPSA) is 67.4 Å². The molecule has 1 heterocycles. The Balaban J connectivity index is 0.00000264. The molecule has 0 saturated carbocycles. The summed E-state index contributed by atoms with van der Waals surface area (Å²) in [5, 5.41) is 3.34. The number of hydrogen-bond donors (Lipinski definition) is 2. The van der Waals surface area contributed by atoms with Crippen LogP contribution in [-0.2, 0) is 10.0 Å². The van der Waals surface area contributed by atoms with Gasteiger partial charge in [-0.15, -0.1) is 12.4 Å². The van der Waals surface area contributed by atoms with Crippen LogP contribution in [0.2, 0.25) is 0 Å². The van der Waals surface area contributed by atoms with Crippen LogP contribution in [0.25, 0.3) is 0 Å². The second-order valence-corrected chi connectivity index (χ2v) is 8.05. The third-order valence-electron chi connectivity index (χ3n) is 3.76. The van der Waals surface area contributed by atoms with Crippen LogP contribution in [0.1, 0.15) is 26.2 Å². The molecule has 0 radical (unpaired) electrons. The second kappa shape index (κ2) is 9.84. The van der Waals surface area contributed by atoms with Gasteiger partial charge < -0.3 is 10.1 Å². The highest BCUT2D eigenvalue weighted by molar-refractivity contribution is 9.10. The monoisotopic (exact) mass is 426 g/mol. The number of hydrogen-bond acceptors (Lipinski definition) is 4. The van der Waals surface area contributed by atoms with Crippen molar-refractivity contribution in [2.75, 3.05) is 26.2 Å². The first-order valence-electron chi connectivity index (χ1n) is 7.65. The van der Waals surface area contributed by atoms with Crippen molar-refractivity contribution >= 4 is 38.4 Å². The van der Waals surface area contributed by atoms with E-state index in [0.717, 1.165) is 19.5 Å². The van der Waals surface area contributed by atoms with Crippen molar-refractivity contribution in [1.82, 2.24) is 10.0 Å². The molecule has 5 nitrogen and oxygen atoms in total. The lowest BCUT2D eigenvalue weighted by molar-refractivity contribution is 0.338. The molecule has 0 amide bonds. The fourth-order valence-electron chi connectivity index (χ4n) is 2.57. The summed E-state index contributed by atoms with van der Waals surface area (Å²) in [7, 11) is -3.47. The maximum Gasteiger partial charge on any atom is 0.240 e. The Morgan fingerprint density at radius 2 is 2.22 bits per heavy atom. The van der Waals surface area contributed by atoms with E-state index in [1.807, 2.05) is 6.92 Å². The summed E-state index contributed by atoms with van der Waals surface area (Å²) in [6.45, 7) is 4.95. The Morgan fingerprint density at radius 1 is 1.43 bits per heavy atom. The molecular weight excluding hydrogens is 404 g/mol. The van der Waals surface area contributed by atoms with Crippen LogP contribution in [-0.4, -0.2) is 34.7 Å². The van der Waals surface area contributed by atoms with Gasteiger partial charge in [0.25, 0.3) is 0 Å². The summed E-state index contributed by atoms with van der Waals surface area (Å²) in [4.78, 5) is 0.254. The molecule has 1 atom stereocenters. The normalized spacial score (nSPS) is 18.3. The Hall–Kier alpha value is -0.340. The highest BCUT2D eigenvalue weighted by Gasteiger charge is 2.17. The van der Waals surface area contributed by atoms with Crippen molar-refractivity contribution in [3.05, 3.63) is 22.7 Å². The molecule has 1 saturated heterocycles. The van der Waals surface area contributed by atoms with Crippen molar-refractivity contribution in [3.8, 4) is 5.75 Å². The zero-order valence-corrected chi connectivity index (χ0v) is 16.4. The third-order valence-corrected chi connectivity index (χ3v) is 5.84. The molecule has 1 aliphatic heterocycles. The van der Waals surface area contributed by atoms with E-state index >= 15 is 0 Å². The standard InChI is InChI=1S/C15H23BrN2O3S.ClH/c1-2-21-15-6-5-13(10-14(15)16)22(19,20)18-9-7-12-4-3-8-17-11-12;/h5-6,10,12,17-18H,2-4,7-9,11H2,1H3;1H. The average molecular weight is 428 g/mol. The molecule has 1 unspecified atom stereocenters. The van der Waals surface area contributed by atoms with E-state index < -0.39 is 10.0 Å². The average Bonchev–Trinajstić information content (AvgIpc) is 2.50. The van der Waals surface area contributed by atoms with E-state index in [0.29, 0.717) is 29.3 Å². The summed E-state index contributed by atoms with van der Waals surface area (Å²) in [5.41, 5.74) is 0. The first-order chi connectivity index (χ1) is 10.5. The van der Waals surface area contributed by atoms with Gasteiger partial charge in [-0.25, -0.2) is 13.1 Å². The van der Waals surface area contributed by atoms with Gasteiger partial charge >= 0.3 is 0 Å². The van der Waals surface area contributed by atoms with Crippen LogP contribution in [0.3, 0.4) is 0 Å². The number of sulfonamides is 1. The van der Waals surface area contributed by atoms with Crippen LogP contribution in [0.15, 0.2) is 27.6 Å². The first-order valence-corrected chi connectivity index (χ1v) is 9.93. The molecule has 1 aromatic carbocycles. The van der Waals surface area contributed by atoms with E-state index in [2.05, 4.69) is 26.0 Å². The van der Waals surface area contributed by atoms with Gasteiger partial charge in [0, 0.05) is 6.54 Å². The van der Waals surface area contributed by atoms with Gasteiger partial charge in [0.2, 0.25) is 10.0 Å². The van der Waals surface area contributed by atoms with E-state index in [-0.39, 0.29) is 17.3 Å². The molecule has 132 valence electrons. The molecule has 0 aliphatic carbocycles. The van der Waals surface area contributed by atoms with Crippen molar-refractivity contribution in [3.63, 3.8) is 0 Å². The molecule has 23 heavy (non-hydrogen) atoms. The lowest BCUT2D eigenvalue weighted by atomic mass is 9.96. The van der Waals surface area contributed by atoms with Gasteiger partial charge in [-0.3, -0.25) is 0 Å². The summed E-state index contributed by atoms with van der Waals surface area (Å²) in [5.74, 6) is 1.21. The van der Waals surface area contributed by atoms with Crippen molar-refractivity contribution in [2.24, 2.45) is 5.92 Å². The molecule has 1 aromatic rings. The first kappa shape index (κ1) is 20.7. The third kappa shape index (κ3) is 6.23. The van der Waals surface area contributed by atoms with E-state index in [1.165, 1.54) is 12.8 Å². The molecule has 0 aromatic heterocycles. The van der Waals surface area contributed by atoms with Crippen LogP contribution in [0.5, 0.6) is 5.75 Å². The van der Waals surface area contributed by atoms with Gasteiger partial charge in [-0.2, -0.15) is 0 Å². The van der Waals surface area contributed by atoms with Gasteiger partial charge in [-0.05, 0) is 79.3 Å². The molecule has 0 spiro atoms.